The molecule has 1 saturated heterocycles. The number of terminal acetylenes is 1. The van der Waals surface area contributed by atoms with Crippen LogP contribution in [-0.2, 0) is 9.53 Å². The van der Waals surface area contributed by atoms with Gasteiger partial charge in [-0.15, -0.1) is 12.3 Å². The molecule has 2 atom stereocenters. The van der Waals surface area contributed by atoms with Crippen LogP contribution in [0.25, 0.3) is 0 Å². The Hall–Kier alpha value is -1.01. The highest BCUT2D eigenvalue weighted by Gasteiger charge is 2.19. The molecule has 98 valence electrons. The number of carbonyl (C=O) groups excluding carboxylic acids is 1. The van der Waals surface area contributed by atoms with Gasteiger partial charge in [-0.25, -0.2) is 0 Å². The Morgan fingerprint density at radius 3 is 2.53 bits per heavy atom. The molecule has 3 heteroatoms. The Morgan fingerprint density at radius 2 is 2.18 bits per heavy atom. The molecule has 0 saturated carbocycles. The van der Waals surface area contributed by atoms with E-state index in [1.807, 2.05) is 20.8 Å². The average Bonchev–Trinajstić information content (AvgIpc) is 2.21. The first-order valence-electron chi connectivity index (χ1n) is 6.16. The summed E-state index contributed by atoms with van der Waals surface area (Å²) in [4.78, 5) is 9.60. The van der Waals surface area contributed by atoms with E-state index in [0.717, 1.165) is 24.8 Å². The van der Waals surface area contributed by atoms with Crippen molar-refractivity contribution in [2.75, 3.05) is 13.1 Å². The molecule has 2 unspecified atom stereocenters. The highest BCUT2D eigenvalue weighted by molar-refractivity contribution is 5.37. The van der Waals surface area contributed by atoms with Crippen molar-refractivity contribution in [3.05, 3.63) is 0 Å². The van der Waals surface area contributed by atoms with Crippen molar-refractivity contribution in [3.63, 3.8) is 0 Å². The standard InChI is InChI=1S/C9H15N.C5H10O2/c1-3-4-9-7-10-6-5-8(9)2;1-5(2,3)7-4-6/h1,8-10H,4-7H2,2H3;4H,1-3H3. The van der Waals surface area contributed by atoms with Crippen molar-refractivity contribution < 1.29 is 9.53 Å². The van der Waals surface area contributed by atoms with Crippen molar-refractivity contribution in [2.45, 2.75) is 46.1 Å². The van der Waals surface area contributed by atoms with E-state index in [9.17, 15) is 4.79 Å². The van der Waals surface area contributed by atoms with E-state index in [-0.39, 0.29) is 5.60 Å². The van der Waals surface area contributed by atoms with Gasteiger partial charge in [0.05, 0.1) is 0 Å². The number of rotatable bonds is 2. The van der Waals surface area contributed by atoms with Crippen LogP contribution in [-0.4, -0.2) is 25.2 Å². The molecule has 0 aromatic heterocycles. The SMILES string of the molecule is C#CCC1CNCCC1C.CC(C)(C)OC=O. The molecule has 3 nitrogen and oxygen atoms in total. The van der Waals surface area contributed by atoms with Gasteiger partial charge in [0.15, 0.2) is 0 Å². The van der Waals surface area contributed by atoms with E-state index in [0.29, 0.717) is 6.47 Å². The molecule has 1 heterocycles. The van der Waals surface area contributed by atoms with E-state index in [1.54, 1.807) is 0 Å². The highest BCUT2D eigenvalue weighted by Crippen LogP contribution is 2.20. The number of hydrogen-bond donors (Lipinski definition) is 1. The molecule has 1 fully saturated rings. The summed E-state index contributed by atoms with van der Waals surface area (Å²) in [6, 6.07) is 0. The minimum absolute atomic E-state index is 0.318. The summed E-state index contributed by atoms with van der Waals surface area (Å²) in [5.74, 6) is 4.27. The number of ether oxygens (including phenoxy) is 1. The van der Waals surface area contributed by atoms with Gasteiger partial charge < -0.3 is 10.1 Å². The van der Waals surface area contributed by atoms with Crippen LogP contribution in [0.2, 0.25) is 0 Å². The molecule has 1 N–H and O–H groups in total. The van der Waals surface area contributed by atoms with Gasteiger partial charge >= 0.3 is 0 Å². The number of piperidine rings is 1. The fourth-order valence-electron chi connectivity index (χ4n) is 1.62. The second-order valence-electron chi connectivity index (χ2n) is 5.46. The van der Waals surface area contributed by atoms with E-state index in [2.05, 4.69) is 22.9 Å². The summed E-state index contributed by atoms with van der Waals surface area (Å²) in [5.41, 5.74) is -0.318. The van der Waals surface area contributed by atoms with Gasteiger partial charge in [-0.1, -0.05) is 6.92 Å². The molecule has 0 spiro atoms. The summed E-state index contributed by atoms with van der Waals surface area (Å²) in [6.45, 7) is 10.5. The molecular weight excluding hydrogens is 214 g/mol. The van der Waals surface area contributed by atoms with Gasteiger partial charge in [0.25, 0.3) is 6.47 Å². The van der Waals surface area contributed by atoms with Gasteiger partial charge in [0, 0.05) is 6.42 Å². The molecule has 17 heavy (non-hydrogen) atoms. The molecule has 1 rings (SSSR count). The lowest BCUT2D eigenvalue weighted by molar-refractivity contribution is -0.138. The van der Waals surface area contributed by atoms with Crippen molar-refractivity contribution in [1.29, 1.82) is 0 Å². The largest absolute Gasteiger partial charge is 0.462 e. The van der Waals surface area contributed by atoms with Crippen LogP contribution >= 0.6 is 0 Å². The molecule has 0 radical (unpaired) electrons. The number of carbonyl (C=O) groups is 1. The molecule has 0 amide bonds. The predicted molar refractivity (Wildman–Crippen MR) is 70.5 cm³/mol. The third-order valence-electron chi connectivity index (χ3n) is 2.77. The smallest absolute Gasteiger partial charge is 0.293 e. The number of hydrogen-bond acceptors (Lipinski definition) is 3. The molecule has 0 aromatic rings. The Kier molecular flexibility index (Phi) is 7.65. The fourth-order valence-corrected chi connectivity index (χ4v) is 1.62. The maximum absolute atomic E-state index is 9.60. The lowest BCUT2D eigenvalue weighted by atomic mass is 9.86. The van der Waals surface area contributed by atoms with E-state index in [4.69, 9.17) is 6.42 Å². The second kappa shape index (κ2) is 8.14. The molecular formula is C14H25NO2. The zero-order chi connectivity index (χ0) is 13.3. The summed E-state index contributed by atoms with van der Waals surface area (Å²) in [5, 5.41) is 3.35. The van der Waals surface area contributed by atoms with Gasteiger partial charge in [-0.2, -0.15) is 0 Å². The van der Waals surface area contributed by atoms with E-state index in [1.165, 1.54) is 13.0 Å². The minimum atomic E-state index is -0.318. The minimum Gasteiger partial charge on any atom is -0.462 e. The first-order chi connectivity index (χ1) is 7.90. The molecule has 0 bridgehead atoms. The lowest BCUT2D eigenvalue weighted by Gasteiger charge is -2.27. The van der Waals surface area contributed by atoms with Crippen LogP contribution in [0.3, 0.4) is 0 Å². The quantitative estimate of drug-likeness (QED) is 0.593. The second-order valence-corrected chi connectivity index (χ2v) is 5.46. The Bertz CT molecular complexity index is 250. The maximum atomic E-state index is 9.60. The van der Waals surface area contributed by atoms with Crippen molar-refractivity contribution in [2.24, 2.45) is 11.8 Å². The van der Waals surface area contributed by atoms with Crippen LogP contribution in [0.15, 0.2) is 0 Å². The Morgan fingerprint density at radius 1 is 1.53 bits per heavy atom. The van der Waals surface area contributed by atoms with Crippen molar-refractivity contribution in [1.82, 2.24) is 5.32 Å². The molecule has 0 aliphatic carbocycles. The first kappa shape index (κ1) is 16.0. The normalized spacial score (nSPS) is 23.9. The Labute approximate surface area is 105 Å². The Balaban J connectivity index is 0.000000325. The van der Waals surface area contributed by atoms with Crippen LogP contribution < -0.4 is 5.32 Å². The maximum Gasteiger partial charge on any atom is 0.293 e. The third kappa shape index (κ3) is 8.76. The van der Waals surface area contributed by atoms with Crippen molar-refractivity contribution in [3.8, 4) is 12.3 Å². The lowest BCUT2D eigenvalue weighted by Crippen LogP contribution is -2.35. The average molecular weight is 239 g/mol. The third-order valence-corrected chi connectivity index (χ3v) is 2.77. The number of nitrogens with one attached hydrogen (secondary N) is 1. The van der Waals surface area contributed by atoms with Crippen LogP contribution in [0.1, 0.15) is 40.5 Å². The van der Waals surface area contributed by atoms with Crippen LogP contribution in [0.5, 0.6) is 0 Å². The monoisotopic (exact) mass is 239 g/mol. The van der Waals surface area contributed by atoms with Crippen LogP contribution in [0.4, 0.5) is 0 Å². The van der Waals surface area contributed by atoms with Gasteiger partial charge in [-0.3, -0.25) is 4.79 Å². The topological polar surface area (TPSA) is 38.3 Å². The summed E-state index contributed by atoms with van der Waals surface area (Å²) >= 11 is 0. The summed E-state index contributed by atoms with van der Waals surface area (Å²) < 4.78 is 4.55. The molecule has 1 aliphatic rings. The van der Waals surface area contributed by atoms with Crippen molar-refractivity contribution >= 4 is 6.47 Å². The summed E-state index contributed by atoms with van der Waals surface area (Å²) in [7, 11) is 0. The van der Waals surface area contributed by atoms with E-state index < -0.39 is 0 Å². The predicted octanol–water partition coefficient (Wildman–Crippen LogP) is 2.21. The first-order valence-corrected chi connectivity index (χ1v) is 6.16. The van der Waals surface area contributed by atoms with Crippen LogP contribution in [0, 0.1) is 24.2 Å². The van der Waals surface area contributed by atoms with E-state index >= 15 is 0 Å². The fraction of sp³-hybridized carbons (Fsp3) is 0.786. The van der Waals surface area contributed by atoms with Gasteiger partial charge in [0.1, 0.15) is 5.60 Å². The zero-order valence-electron chi connectivity index (χ0n) is 11.5. The highest BCUT2D eigenvalue weighted by atomic mass is 16.5. The summed E-state index contributed by atoms with van der Waals surface area (Å²) in [6.07, 6.45) is 7.47. The molecule has 1 aliphatic heterocycles. The van der Waals surface area contributed by atoms with Gasteiger partial charge in [-0.05, 0) is 52.1 Å². The van der Waals surface area contributed by atoms with Gasteiger partial charge in [0.2, 0.25) is 0 Å². The zero-order valence-corrected chi connectivity index (χ0v) is 11.5. The molecule has 0 aromatic carbocycles.